The molecule has 0 unspecified atom stereocenters. The predicted molar refractivity (Wildman–Crippen MR) is 103 cm³/mol. The van der Waals surface area contributed by atoms with Crippen LogP contribution in [0.15, 0.2) is 42.7 Å². The molecular formula is C20H25ClN4O. The van der Waals surface area contributed by atoms with Gasteiger partial charge in [0.25, 0.3) is 0 Å². The molecule has 1 aromatic heterocycles. The quantitative estimate of drug-likeness (QED) is 0.808. The summed E-state index contributed by atoms with van der Waals surface area (Å²) in [5.74, 6) is 1.62. The van der Waals surface area contributed by atoms with Crippen LogP contribution >= 0.6 is 11.6 Å². The van der Waals surface area contributed by atoms with Gasteiger partial charge in [-0.2, -0.15) is 0 Å². The number of carbonyl (C=O) groups is 1. The highest BCUT2D eigenvalue weighted by Gasteiger charge is 2.20. The van der Waals surface area contributed by atoms with Crippen LogP contribution < -0.4 is 5.32 Å². The van der Waals surface area contributed by atoms with Gasteiger partial charge in [0, 0.05) is 30.4 Å². The van der Waals surface area contributed by atoms with Gasteiger partial charge in [-0.3, -0.25) is 9.69 Å². The number of nitrogens with zero attached hydrogens (tertiary/aromatic N) is 3. The van der Waals surface area contributed by atoms with E-state index in [-0.39, 0.29) is 5.91 Å². The summed E-state index contributed by atoms with van der Waals surface area (Å²) in [4.78, 5) is 23.0. The molecule has 1 amide bonds. The first-order valence-electron chi connectivity index (χ1n) is 9.18. The molecule has 1 aliphatic heterocycles. The summed E-state index contributed by atoms with van der Waals surface area (Å²) in [6, 6.07) is 9.43. The minimum Gasteiger partial charge on any atom is -0.352 e. The summed E-state index contributed by atoms with van der Waals surface area (Å²) in [6.07, 6.45) is 7.39. The van der Waals surface area contributed by atoms with Crippen molar-refractivity contribution in [2.45, 2.75) is 38.8 Å². The molecule has 2 aromatic rings. The zero-order valence-corrected chi connectivity index (χ0v) is 15.7. The summed E-state index contributed by atoms with van der Waals surface area (Å²) in [5.41, 5.74) is 1.03. The van der Waals surface area contributed by atoms with Crippen molar-refractivity contribution in [1.82, 2.24) is 20.2 Å². The van der Waals surface area contributed by atoms with E-state index in [1.165, 1.54) is 0 Å². The molecule has 0 aliphatic carbocycles. The van der Waals surface area contributed by atoms with Gasteiger partial charge < -0.3 is 5.32 Å². The van der Waals surface area contributed by atoms with Crippen molar-refractivity contribution in [1.29, 1.82) is 0 Å². The summed E-state index contributed by atoms with van der Waals surface area (Å²) >= 11 is 5.96. The fourth-order valence-electron chi connectivity index (χ4n) is 3.32. The van der Waals surface area contributed by atoms with Crippen molar-refractivity contribution in [3.8, 4) is 0 Å². The van der Waals surface area contributed by atoms with Gasteiger partial charge in [0.1, 0.15) is 5.82 Å². The van der Waals surface area contributed by atoms with E-state index < -0.39 is 0 Å². The van der Waals surface area contributed by atoms with Gasteiger partial charge in [-0.15, -0.1) is 0 Å². The first-order valence-corrected chi connectivity index (χ1v) is 9.56. The van der Waals surface area contributed by atoms with Crippen molar-refractivity contribution in [3.05, 3.63) is 59.1 Å². The van der Waals surface area contributed by atoms with Gasteiger partial charge in [-0.05, 0) is 62.0 Å². The molecular weight excluding hydrogens is 348 g/mol. The Morgan fingerprint density at radius 1 is 1.19 bits per heavy atom. The van der Waals surface area contributed by atoms with E-state index in [1.54, 1.807) is 12.4 Å². The smallest absolute Gasteiger partial charge is 0.220 e. The second kappa shape index (κ2) is 9.64. The molecule has 1 N–H and O–H groups in total. The van der Waals surface area contributed by atoms with Crippen LogP contribution in [0, 0.1) is 5.92 Å². The molecule has 0 spiro atoms. The van der Waals surface area contributed by atoms with Crippen molar-refractivity contribution < 1.29 is 4.79 Å². The van der Waals surface area contributed by atoms with Gasteiger partial charge >= 0.3 is 0 Å². The summed E-state index contributed by atoms with van der Waals surface area (Å²) in [6.45, 7) is 3.45. The third-order valence-corrected chi connectivity index (χ3v) is 5.08. The lowest BCUT2D eigenvalue weighted by Gasteiger charge is -2.31. The van der Waals surface area contributed by atoms with Crippen LogP contribution in [0.1, 0.15) is 37.1 Å². The molecule has 0 radical (unpaired) electrons. The van der Waals surface area contributed by atoms with E-state index in [9.17, 15) is 4.79 Å². The Labute approximate surface area is 159 Å². The Hall–Kier alpha value is -1.98. The first-order chi connectivity index (χ1) is 12.7. The van der Waals surface area contributed by atoms with E-state index in [0.29, 0.717) is 23.9 Å². The number of amides is 1. The lowest BCUT2D eigenvalue weighted by molar-refractivity contribution is -0.121. The Bertz CT molecular complexity index is 702. The predicted octanol–water partition coefficient (Wildman–Crippen LogP) is 3.44. The normalized spacial score (nSPS) is 15.7. The maximum atomic E-state index is 12.1. The molecule has 3 rings (SSSR count). The Morgan fingerprint density at radius 3 is 2.69 bits per heavy atom. The topological polar surface area (TPSA) is 58.1 Å². The van der Waals surface area contributed by atoms with E-state index in [4.69, 9.17) is 11.6 Å². The monoisotopic (exact) mass is 372 g/mol. The fraction of sp³-hybridized carbons (Fsp3) is 0.450. The van der Waals surface area contributed by atoms with Gasteiger partial charge in [0.05, 0.1) is 6.54 Å². The highest BCUT2D eigenvalue weighted by Crippen LogP contribution is 2.22. The summed E-state index contributed by atoms with van der Waals surface area (Å²) < 4.78 is 0. The molecule has 1 aliphatic rings. The third kappa shape index (κ3) is 6.07. The van der Waals surface area contributed by atoms with Crippen LogP contribution in [-0.2, 0) is 17.9 Å². The van der Waals surface area contributed by atoms with Gasteiger partial charge in [0.15, 0.2) is 0 Å². The van der Waals surface area contributed by atoms with Crippen LogP contribution in [0.4, 0.5) is 0 Å². The number of piperidine rings is 1. The Kier molecular flexibility index (Phi) is 6.97. The summed E-state index contributed by atoms with van der Waals surface area (Å²) in [5, 5.41) is 3.68. The van der Waals surface area contributed by atoms with Crippen molar-refractivity contribution in [2.75, 3.05) is 13.1 Å². The Balaban J connectivity index is 1.32. The molecule has 1 saturated heterocycles. The maximum absolute atomic E-state index is 12.1. The zero-order chi connectivity index (χ0) is 18.2. The first kappa shape index (κ1) is 18.8. The maximum Gasteiger partial charge on any atom is 0.220 e. The van der Waals surface area contributed by atoms with Crippen LogP contribution in [0.3, 0.4) is 0 Å². The summed E-state index contributed by atoms with van der Waals surface area (Å²) in [7, 11) is 0. The van der Waals surface area contributed by atoms with E-state index in [0.717, 1.165) is 50.3 Å². The average molecular weight is 373 g/mol. The number of halogens is 1. The van der Waals surface area contributed by atoms with Crippen LogP contribution in [0.2, 0.25) is 5.02 Å². The largest absolute Gasteiger partial charge is 0.352 e. The average Bonchev–Trinajstić information content (AvgIpc) is 2.67. The van der Waals surface area contributed by atoms with E-state index in [2.05, 4.69) is 20.2 Å². The molecule has 6 heteroatoms. The van der Waals surface area contributed by atoms with E-state index in [1.807, 2.05) is 30.3 Å². The highest BCUT2D eigenvalue weighted by molar-refractivity contribution is 6.30. The SMILES string of the molecule is O=C(CCC1CCN(Cc2ncccn2)CC1)NCc1cccc(Cl)c1. The number of rotatable bonds is 7. The van der Waals surface area contributed by atoms with Crippen LogP contribution in [0.5, 0.6) is 0 Å². The molecule has 5 nitrogen and oxygen atoms in total. The molecule has 2 heterocycles. The number of aromatic nitrogens is 2. The molecule has 0 saturated carbocycles. The minimum absolute atomic E-state index is 0.116. The Morgan fingerprint density at radius 2 is 1.96 bits per heavy atom. The van der Waals surface area contributed by atoms with Crippen molar-refractivity contribution in [2.24, 2.45) is 5.92 Å². The third-order valence-electron chi connectivity index (χ3n) is 4.85. The van der Waals surface area contributed by atoms with Crippen molar-refractivity contribution >= 4 is 17.5 Å². The minimum atomic E-state index is 0.116. The molecule has 0 bridgehead atoms. The number of carbonyl (C=O) groups excluding carboxylic acids is 1. The number of hydrogen-bond donors (Lipinski definition) is 1. The molecule has 1 fully saturated rings. The van der Waals surface area contributed by atoms with Gasteiger partial charge in [-0.1, -0.05) is 23.7 Å². The lowest BCUT2D eigenvalue weighted by atomic mass is 9.92. The molecule has 0 atom stereocenters. The number of nitrogens with one attached hydrogen (secondary N) is 1. The second-order valence-corrected chi connectivity index (χ2v) is 7.27. The van der Waals surface area contributed by atoms with Gasteiger partial charge in [-0.25, -0.2) is 9.97 Å². The highest BCUT2D eigenvalue weighted by atomic mass is 35.5. The standard InChI is InChI=1S/C20H25ClN4O/c21-18-4-1-3-17(13-18)14-24-20(26)6-5-16-7-11-25(12-8-16)15-19-22-9-2-10-23-19/h1-4,9-10,13,16H,5-8,11-12,14-15H2,(H,24,26). The van der Waals surface area contributed by atoms with E-state index >= 15 is 0 Å². The molecule has 1 aromatic carbocycles. The molecule has 26 heavy (non-hydrogen) atoms. The number of likely N-dealkylation sites (tertiary alicyclic amines) is 1. The fourth-order valence-corrected chi connectivity index (χ4v) is 3.53. The lowest BCUT2D eigenvalue weighted by Crippen LogP contribution is -2.34. The second-order valence-electron chi connectivity index (χ2n) is 6.83. The van der Waals surface area contributed by atoms with Crippen LogP contribution in [-0.4, -0.2) is 33.9 Å². The number of benzene rings is 1. The zero-order valence-electron chi connectivity index (χ0n) is 14.9. The van der Waals surface area contributed by atoms with Crippen molar-refractivity contribution in [3.63, 3.8) is 0 Å². The van der Waals surface area contributed by atoms with Crippen LogP contribution in [0.25, 0.3) is 0 Å². The molecule has 138 valence electrons. The van der Waals surface area contributed by atoms with Gasteiger partial charge in [0.2, 0.25) is 5.91 Å². The number of hydrogen-bond acceptors (Lipinski definition) is 4.